The zero-order valence-corrected chi connectivity index (χ0v) is 21.3. The number of ether oxygens (including phenoxy) is 2. The van der Waals surface area contributed by atoms with E-state index < -0.39 is 17.7 Å². The van der Waals surface area contributed by atoms with E-state index in [1.54, 1.807) is 4.90 Å². The molecule has 0 aliphatic carbocycles. The first kappa shape index (κ1) is 25.3. The van der Waals surface area contributed by atoms with Crippen LogP contribution < -0.4 is 9.47 Å². The van der Waals surface area contributed by atoms with Crippen molar-refractivity contribution in [1.82, 2.24) is 19.9 Å². The van der Waals surface area contributed by atoms with Gasteiger partial charge < -0.3 is 19.2 Å². The maximum absolute atomic E-state index is 14.3. The van der Waals surface area contributed by atoms with Crippen LogP contribution in [0.4, 0.5) is 8.78 Å². The molecule has 0 spiro atoms. The summed E-state index contributed by atoms with van der Waals surface area (Å²) in [5.41, 5.74) is 1.15. The van der Waals surface area contributed by atoms with Crippen LogP contribution in [0.2, 0.25) is 5.02 Å². The van der Waals surface area contributed by atoms with Crippen LogP contribution in [-0.4, -0.2) is 58.3 Å². The highest BCUT2D eigenvalue weighted by Gasteiger charge is 2.32. The number of benzene rings is 1. The van der Waals surface area contributed by atoms with Gasteiger partial charge in [-0.2, -0.15) is 4.98 Å². The van der Waals surface area contributed by atoms with Gasteiger partial charge in [0.15, 0.2) is 30.1 Å². The number of methoxy groups -OCH3 is 1. The van der Waals surface area contributed by atoms with Crippen molar-refractivity contribution in [1.29, 1.82) is 0 Å². The molecular formula is C24H22ClF2N5O4S. The number of thiazole rings is 1. The van der Waals surface area contributed by atoms with Crippen molar-refractivity contribution in [3.8, 4) is 11.6 Å². The molecule has 1 fully saturated rings. The van der Waals surface area contributed by atoms with E-state index >= 15 is 0 Å². The Morgan fingerprint density at radius 1 is 1.30 bits per heavy atom. The number of halogens is 3. The van der Waals surface area contributed by atoms with E-state index in [4.69, 9.17) is 30.9 Å². The van der Waals surface area contributed by atoms with Gasteiger partial charge in [-0.05, 0) is 25.0 Å². The molecule has 37 heavy (non-hydrogen) atoms. The molecule has 194 valence electrons. The molecule has 1 aromatic carbocycles. The normalized spacial score (nSPS) is 17.9. The predicted molar refractivity (Wildman–Crippen MR) is 131 cm³/mol. The summed E-state index contributed by atoms with van der Waals surface area (Å²) in [5.74, 6) is -1.38. The molecule has 0 bridgehead atoms. The highest BCUT2D eigenvalue weighted by molar-refractivity contribution is 7.10. The largest absolute Gasteiger partial charge is 0.490 e. The predicted octanol–water partition coefficient (Wildman–Crippen LogP) is 4.52. The summed E-state index contributed by atoms with van der Waals surface area (Å²) >= 11 is 7.59. The SMILES string of the molecule is COc1cncnc1OCC(=O)N1CCC(c2nc(C3=NOC(c4c(Cl)ccc(F)c4F)C3)cs2)CC1. The molecule has 0 saturated carbocycles. The molecule has 0 N–H and O–H groups in total. The van der Waals surface area contributed by atoms with Crippen LogP contribution in [0.3, 0.4) is 0 Å². The first-order chi connectivity index (χ1) is 17.9. The second-order valence-corrected chi connectivity index (χ2v) is 9.80. The van der Waals surface area contributed by atoms with Gasteiger partial charge in [0.2, 0.25) is 0 Å². The molecule has 1 atom stereocenters. The molecule has 1 amide bonds. The van der Waals surface area contributed by atoms with Crippen LogP contribution in [-0.2, 0) is 9.63 Å². The lowest BCUT2D eigenvalue weighted by Gasteiger charge is -2.31. The lowest BCUT2D eigenvalue weighted by molar-refractivity contribution is -0.134. The van der Waals surface area contributed by atoms with E-state index in [9.17, 15) is 13.6 Å². The molecule has 4 heterocycles. The van der Waals surface area contributed by atoms with E-state index in [1.807, 2.05) is 5.38 Å². The van der Waals surface area contributed by atoms with Gasteiger partial charge in [0, 0.05) is 30.8 Å². The highest BCUT2D eigenvalue weighted by Crippen LogP contribution is 2.37. The molecule has 1 saturated heterocycles. The van der Waals surface area contributed by atoms with Crippen LogP contribution in [0.5, 0.6) is 11.6 Å². The van der Waals surface area contributed by atoms with Gasteiger partial charge in [-0.3, -0.25) is 4.79 Å². The van der Waals surface area contributed by atoms with Gasteiger partial charge in [-0.25, -0.2) is 18.7 Å². The summed E-state index contributed by atoms with van der Waals surface area (Å²) in [6.07, 6.45) is 3.72. The summed E-state index contributed by atoms with van der Waals surface area (Å²) < 4.78 is 38.6. The van der Waals surface area contributed by atoms with Crippen molar-refractivity contribution in [3.05, 3.63) is 63.0 Å². The number of rotatable bonds is 7. The molecule has 2 aromatic heterocycles. The highest BCUT2D eigenvalue weighted by atomic mass is 35.5. The summed E-state index contributed by atoms with van der Waals surface area (Å²) in [4.78, 5) is 32.3. The van der Waals surface area contributed by atoms with Crippen LogP contribution in [0, 0.1) is 11.6 Å². The van der Waals surface area contributed by atoms with Gasteiger partial charge in [0.1, 0.15) is 12.0 Å². The summed E-state index contributed by atoms with van der Waals surface area (Å²) in [7, 11) is 1.48. The van der Waals surface area contributed by atoms with Crippen LogP contribution in [0.15, 0.2) is 35.2 Å². The second-order valence-electron chi connectivity index (χ2n) is 8.50. The number of oxime groups is 1. The lowest BCUT2D eigenvalue weighted by Crippen LogP contribution is -2.40. The lowest BCUT2D eigenvalue weighted by atomic mass is 9.97. The summed E-state index contributed by atoms with van der Waals surface area (Å²) in [6.45, 7) is 1.01. The fourth-order valence-electron chi connectivity index (χ4n) is 4.28. The van der Waals surface area contributed by atoms with E-state index in [0.717, 1.165) is 23.9 Å². The van der Waals surface area contributed by atoms with Gasteiger partial charge in [0.25, 0.3) is 11.8 Å². The topological polar surface area (TPSA) is 99.0 Å². The van der Waals surface area contributed by atoms with Crippen molar-refractivity contribution < 1.29 is 27.9 Å². The first-order valence-corrected chi connectivity index (χ1v) is 12.8. The number of piperidine rings is 1. The Morgan fingerprint density at radius 3 is 2.89 bits per heavy atom. The third kappa shape index (κ3) is 5.35. The number of likely N-dealkylation sites (tertiary alicyclic amines) is 1. The quantitative estimate of drug-likeness (QED) is 0.399. The number of hydrogen-bond donors (Lipinski definition) is 0. The van der Waals surface area contributed by atoms with Crippen molar-refractivity contribution in [2.75, 3.05) is 26.8 Å². The van der Waals surface area contributed by atoms with Crippen molar-refractivity contribution in [2.45, 2.75) is 31.3 Å². The second kappa shape index (κ2) is 10.9. The number of nitrogens with zero attached hydrogens (tertiary/aromatic N) is 5. The van der Waals surface area contributed by atoms with E-state index in [1.165, 1.54) is 37.0 Å². The van der Waals surface area contributed by atoms with Crippen LogP contribution in [0.1, 0.15) is 47.5 Å². The molecule has 1 unspecified atom stereocenters. The average Bonchev–Trinajstić information content (AvgIpc) is 3.60. The van der Waals surface area contributed by atoms with Gasteiger partial charge >= 0.3 is 0 Å². The third-order valence-corrected chi connectivity index (χ3v) is 7.62. The molecule has 3 aromatic rings. The minimum atomic E-state index is -1.03. The van der Waals surface area contributed by atoms with Crippen LogP contribution in [0.25, 0.3) is 0 Å². The Hall–Kier alpha value is -3.38. The Bertz CT molecular complexity index is 1330. The zero-order valence-electron chi connectivity index (χ0n) is 19.7. The fraction of sp³-hybridized carbons (Fsp3) is 0.375. The number of carbonyl (C=O) groups is 1. The zero-order chi connectivity index (χ0) is 25.9. The smallest absolute Gasteiger partial charge is 0.260 e. The molecule has 2 aliphatic heterocycles. The molecule has 2 aliphatic rings. The molecule has 5 rings (SSSR count). The number of amides is 1. The fourth-order valence-corrected chi connectivity index (χ4v) is 5.55. The molecular weight excluding hydrogens is 528 g/mol. The minimum absolute atomic E-state index is 0.0463. The molecule has 0 radical (unpaired) electrons. The van der Waals surface area contributed by atoms with E-state index in [-0.39, 0.29) is 41.3 Å². The van der Waals surface area contributed by atoms with Crippen molar-refractivity contribution in [3.63, 3.8) is 0 Å². The maximum Gasteiger partial charge on any atom is 0.260 e. The Labute approximate surface area is 220 Å². The summed E-state index contributed by atoms with van der Waals surface area (Å²) in [5, 5.41) is 6.96. The van der Waals surface area contributed by atoms with Crippen molar-refractivity contribution >= 4 is 34.6 Å². The van der Waals surface area contributed by atoms with Gasteiger partial charge in [0.05, 0.1) is 34.6 Å². The number of hydrogen-bond acceptors (Lipinski definition) is 9. The molecule has 13 heteroatoms. The van der Waals surface area contributed by atoms with E-state index in [0.29, 0.717) is 30.2 Å². The van der Waals surface area contributed by atoms with E-state index in [2.05, 4.69) is 15.1 Å². The summed E-state index contributed by atoms with van der Waals surface area (Å²) in [6, 6.07) is 2.28. The van der Waals surface area contributed by atoms with Gasteiger partial charge in [-0.15, -0.1) is 11.3 Å². The average molecular weight is 550 g/mol. The monoisotopic (exact) mass is 549 g/mol. The Kier molecular flexibility index (Phi) is 7.47. The van der Waals surface area contributed by atoms with Gasteiger partial charge in [-0.1, -0.05) is 16.8 Å². The Morgan fingerprint density at radius 2 is 2.11 bits per heavy atom. The number of aromatic nitrogens is 3. The third-order valence-electron chi connectivity index (χ3n) is 6.28. The van der Waals surface area contributed by atoms with Crippen LogP contribution >= 0.6 is 22.9 Å². The standard InChI is InChI=1S/C24H22ClF2N5O4S/c1-34-19-9-28-12-29-23(19)35-10-20(33)32-6-4-13(5-7-32)24-30-17(11-37-24)16-8-18(36-31-16)21-14(25)2-3-15(26)22(21)27/h2-3,9,11-13,18H,4-8,10H2,1H3. The molecule has 9 nitrogen and oxygen atoms in total. The Balaban J connectivity index is 1.15. The first-order valence-electron chi connectivity index (χ1n) is 11.5. The number of carbonyl (C=O) groups excluding carboxylic acids is 1. The maximum atomic E-state index is 14.3. The van der Waals surface area contributed by atoms with Crippen molar-refractivity contribution in [2.24, 2.45) is 5.16 Å². The minimum Gasteiger partial charge on any atom is -0.490 e.